The molecule has 0 saturated carbocycles. The van der Waals surface area contributed by atoms with Gasteiger partial charge in [-0.05, 0) is 37.1 Å². The Morgan fingerprint density at radius 2 is 1.97 bits per heavy atom. The van der Waals surface area contributed by atoms with Gasteiger partial charge in [0.05, 0.1) is 16.7 Å². The van der Waals surface area contributed by atoms with Crippen LogP contribution in [0.4, 0.5) is 14.9 Å². The summed E-state index contributed by atoms with van der Waals surface area (Å²) in [6, 6.07) is 10.7. The molecule has 3 rings (SSSR count). The number of rotatable bonds is 6. The largest absolute Gasteiger partial charge is 0.336 e. The van der Waals surface area contributed by atoms with Crippen LogP contribution in [0.1, 0.15) is 37.4 Å². The lowest BCUT2D eigenvalue weighted by Gasteiger charge is -2.25. The van der Waals surface area contributed by atoms with Gasteiger partial charge in [-0.1, -0.05) is 24.3 Å². The van der Waals surface area contributed by atoms with Crippen molar-refractivity contribution in [1.82, 2.24) is 15.2 Å². The van der Waals surface area contributed by atoms with Gasteiger partial charge in [0.15, 0.2) is 0 Å². The van der Waals surface area contributed by atoms with Gasteiger partial charge >= 0.3 is 6.03 Å². The van der Waals surface area contributed by atoms with Crippen molar-refractivity contribution in [2.24, 2.45) is 5.10 Å². The van der Waals surface area contributed by atoms with E-state index in [9.17, 15) is 24.1 Å². The number of nitro groups is 1. The number of non-ortho nitro benzene ring substituents is 1. The number of carbonyl (C=O) groups excluding carboxylic acids is 2. The van der Waals surface area contributed by atoms with Crippen molar-refractivity contribution in [1.29, 1.82) is 0 Å². The number of urea groups is 1. The summed E-state index contributed by atoms with van der Waals surface area (Å²) in [5, 5.41) is 19.6. The van der Waals surface area contributed by atoms with Crippen LogP contribution in [0.25, 0.3) is 0 Å². The van der Waals surface area contributed by atoms with Crippen molar-refractivity contribution < 1.29 is 18.9 Å². The summed E-state index contributed by atoms with van der Waals surface area (Å²) in [5.41, 5.74) is 1.63. The van der Waals surface area contributed by atoms with Crippen molar-refractivity contribution in [3.05, 3.63) is 75.6 Å². The third kappa shape index (κ3) is 5.26. The molecule has 1 aliphatic rings. The summed E-state index contributed by atoms with van der Waals surface area (Å²) in [6.45, 7) is 3.39. The van der Waals surface area contributed by atoms with Crippen molar-refractivity contribution in [2.75, 3.05) is 13.6 Å². The van der Waals surface area contributed by atoms with Crippen molar-refractivity contribution in [3.8, 4) is 0 Å². The molecule has 0 aliphatic carbocycles. The highest BCUT2D eigenvalue weighted by Gasteiger charge is 2.34. The Labute approximate surface area is 184 Å². The smallest absolute Gasteiger partial charge is 0.317 e. The van der Waals surface area contributed by atoms with Crippen molar-refractivity contribution >= 4 is 23.3 Å². The maximum absolute atomic E-state index is 13.3. The molecule has 0 unspecified atom stereocenters. The third-order valence-corrected chi connectivity index (χ3v) is 4.94. The Bertz CT molecular complexity index is 1050. The predicted octanol–water partition coefficient (Wildman–Crippen LogP) is 3.46. The van der Waals surface area contributed by atoms with E-state index >= 15 is 0 Å². The number of amides is 3. The van der Waals surface area contributed by atoms with Crippen LogP contribution in [0.15, 0.2) is 53.6 Å². The zero-order chi connectivity index (χ0) is 23.4. The molecule has 0 saturated heterocycles. The molecule has 0 radical (unpaired) electrons. The molecule has 2 aromatic rings. The lowest BCUT2D eigenvalue weighted by Crippen LogP contribution is -2.45. The van der Waals surface area contributed by atoms with Gasteiger partial charge < -0.3 is 10.2 Å². The van der Waals surface area contributed by atoms with Gasteiger partial charge in [0.1, 0.15) is 12.4 Å². The van der Waals surface area contributed by atoms with Crippen LogP contribution in [-0.2, 0) is 4.79 Å². The molecule has 10 heteroatoms. The van der Waals surface area contributed by atoms with E-state index in [0.29, 0.717) is 23.3 Å². The molecule has 1 heterocycles. The zero-order valence-electron chi connectivity index (χ0n) is 18.0. The molecular weight excluding hydrogens is 417 g/mol. The topological polar surface area (TPSA) is 108 Å². The first kappa shape index (κ1) is 22.9. The Morgan fingerprint density at radius 3 is 2.59 bits per heavy atom. The van der Waals surface area contributed by atoms with Crippen LogP contribution in [0.2, 0.25) is 0 Å². The Hall–Kier alpha value is -3.82. The number of nitrogens with zero attached hydrogens (tertiary/aromatic N) is 4. The number of hydrazone groups is 1. The number of hydrogen-bond acceptors (Lipinski definition) is 5. The normalized spacial score (nSPS) is 15.5. The first-order valence-electron chi connectivity index (χ1n) is 10.1. The second-order valence-corrected chi connectivity index (χ2v) is 7.82. The molecule has 2 aromatic carbocycles. The summed E-state index contributed by atoms with van der Waals surface area (Å²) in [6.07, 6.45) is 0.292. The zero-order valence-corrected chi connectivity index (χ0v) is 18.0. The fraction of sp³-hybridized carbons (Fsp3) is 0.318. The highest BCUT2D eigenvalue weighted by molar-refractivity contribution is 6.03. The second kappa shape index (κ2) is 9.54. The first-order chi connectivity index (χ1) is 15.2. The maximum atomic E-state index is 13.3. The Morgan fingerprint density at radius 1 is 1.28 bits per heavy atom. The molecule has 0 spiro atoms. The van der Waals surface area contributed by atoms with Gasteiger partial charge in [0.25, 0.3) is 11.6 Å². The fourth-order valence-electron chi connectivity index (χ4n) is 3.37. The summed E-state index contributed by atoms with van der Waals surface area (Å²) in [5.74, 6) is -0.840. The van der Waals surface area contributed by atoms with Crippen molar-refractivity contribution in [3.63, 3.8) is 0 Å². The molecule has 1 N–H and O–H groups in total. The lowest BCUT2D eigenvalue weighted by molar-refractivity contribution is -0.384. The molecule has 168 valence electrons. The van der Waals surface area contributed by atoms with E-state index in [4.69, 9.17) is 0 Å². The van der Waals surface area contributed by atoms with Crippen LogP contribution in [0.3, 0.4) is 0 Å². The first-order valence-corrected chi connectivity index (χ1v) is 10.1. The number of nitro benzene ring substituents is 1. The van der Waals surface area contributed by atoms with Gasteiger partial charge in [-0.3, -0.25) is 14.9 Å². The number of carbonyl (C=O) groups is 2. The Kier molecular flexibility index (Phi) is 6.82. The SMILES string of the molecule is CC(C)NC(=O)N(C)CC(=O)N1N=C(c2ccc(F)cc2)C[C@@H]1c1cccc([N+](=O)[O-])c1. The van der Waals surface area contributed by atoms with Crippen LogP contribution >= 0.6 is 0 Å². The highest BCUT2D eigenvalue weighted by Crippen LogP contribution is 2.34. The fourth-order valence-corrected chi connectivity index (χ4v) is 3.37. The minimum Gasteiger partial charge on any atom is -0.336 e. The number of likely N-dealkylation sites (N-methyl/N-ethyl adjacent to an activating group) is 1. The second-order valence-electron chi connectivity index (χ2n) is 7.82. The molecule has 0 fully saturated rings. The summed E-state index contributed by atoms with van der Waals surface area (Å²) >= 11 is 0. The van der Waals surface area contributed by atoms with E-state index in [1.807, 2.05) is 13.8 Å². The minimum atomic E-state index is -0.594. The predicted molar refractivity (Wildman–Crippen MR) is 117 cm³/mol. The number of halogens is 1. The third-order valence-electron chi connectivity index (χ3n) is 4.94. The monoisotopic (exact) mass is 441 g/mol. The quantitative estimate of drug-likeness (QED) is 0.547. The van der Waals surface area contributed by atoms with E-state index in [1.54, 1.807) is 24.3 Å². The maximum Gasteiger partial charge on any atom is 0.317 e. The van der Waals surface area contributed by atoms with Gasteiger partial charge in [-0.15, -0.1) is 0 Å². The summed E-state index contributed by atoms with van der Waals surface area (Å²) < 4.78 is 13.3. The standard InChI is InChI=1S/C22H24FN5O4/c1-14(2)24-22(30)26(3)13-21(29)27-20(16-5-4-6-18(11-16)28(31)32)12-19(25-27)15-7-9-17(23)10-8-15/h4-11,14,20H,12-13H2,1-3H3,(H,24,30)/t20-/m1/s1. The van der Waals surface area contributed by atoms with Crippen LogP contribution in [0.5, 0.6) is 0 Å². The van der Waals surface area contributed by atoms with E-state index in [0.717, 1.165) is 0 Å². The summed E-state index contributed by atoms with van der Waals surface area (Å²) in [7, 11) is 1.50. The van der Waals surface area contributed by atoms with Crippen LogP contribution < -0.4 is 5.32 Å². The number of nitrogens with one attached hydrogen (secondary N) is 1. The number of hydrogen-bond donors (Lipinski definition) is 1. The van der Waals surface area contributed by atoms with E-state index < -0.39 is 28.7 Å². The Balaban J connectivity index is 1.90. The molecule has 32 heavy (non-hydrogen) atoms. The van der Waals surface area contributed by atoms with Gasteiger partial charge in [0.2, 0.25) is 0 Å². The summed E-state index contributed by atoms with van der Waals surface area (Å²) in [4.78, 5) is 37.2. The molecule has 0 aromatic heterocycles. The molecule has 0 bridgehead atoms. The highest BCUT2D eigenvalue weighted by atomic mass is 19.1. The molecule has 1 aliphatic heterocycles. The molecule has 9 nitrogen and oxygen atoms in total. The van der Waals surface area contributed by atoms with Gasteiger partial charge in [-0.25, -0.2) is 14.2 Å². The number of benzene rings is 2. The molecular formula is C22H24FN5O4. The van der Waals surface area contributed by atoms with Crippen LogP contribution in [0, 0.1) is 15.9 Å². The average molecular weight is 441 g/mol. The minimum absolute atomic E-state index is 0.0902. The van der Waals surface area contributed by atoms with E-state index in [2.05, 4.69) is 10.4 Å². The molecule has 3 amide bonds. The van der Waals surface area contributed by atoms with E-state index in [-0.39, 0.29) is 18.3 Å². The van der Waals surface area contributed by atoms with E-state index in [1.165, 1.54) is 41.2 Å². The lowest BCUT2D eigenvalue weighted by atomic mass is 9.98. The van der Waals surface area contributed by atoms with Gasteiger partial charge in [0, 0.05) is 31.6 Å². The molecule has 1 atom stereocenters. The van der Waals surface area contributed by atoms with Crippen molar-refractivity contribution in [2.45, 2.75) is 32.4 Å². The van der Waals surface area contributed by atoms with Gasteiger partial charge in [-0.2, -0.15) is 5.10 Å². The average Bonchev–Trinajstić information content (AvgIpc) is 3.19. The van der Waals surface area contributed by atoms with Crippen LogP contribution in [-0.4, -0.2) is 52.1 Å².